The summed E-state index contributed by atoms with van der Waals surface area (Å²) >= 11 is 0. The SMILES string of the molecule is CCOC(=O)CCCNC(=O)c1cc2ccccc2o1. The number of furan rings is 1. The maximum absolute atomic E-state index is 11.9. The van der Waals surface area contributed by atoms with E-state index in [0.717, 1.165) is 5.39 Å². The fourth-order valence-electron chi connectivity index (χ4n) is 1.85. The number of carbonyl (C=O) groups excluding carboxylic acids is 2. The number of rotatable bonds is 6. The van der Waals surface area contributed by atoms with E-state index in [-0.39, 0.29) is 17.6 Å². The maximum atomic E-state index is 11.9. The van der Waals surface area contributed by atoms with Crippen LogP contribution in [0, 0.1) is 0 Å². The van der Waals surface area contributed by atoms with E-state index in [1.165, 1.54) is 0 Å². The van der Waals surface area contributed by atoms with Gasteiger partial charge in [0.05, 0.1) is 6.61 Å². The Kier molecular flexibility index (Phi) is 4.76. The van der Waals surface area contributed by atoms with Crippen LogP contribution in [0.3, 0.4) is 0 Å². The van der Waals surface area contributed by atoms with Crippen LogP contribution in [0.15, 0.2) is 34.7 Å². The van der Waals surface area contributed by atoms with Gasteiger partial charge in [-0.3, -0.25) is 9.59 Å². The van der Waals surface area contributed by atoms with Crippen LogP contribution in [-0.2, 0) is 9.53 Å². The minimum absolute atomic E-state index is 0.245. The van der Waals surface area contributed by atoms with Crippen LogP contribution in [-0.4, -0.2) is 25.0 Å². The van der Waals surface area contributed by atoms with Crippen molar-refractivity contribution in [2.24, 2.45) is 0 Å². The van der Waals surface area contributed by atoms with Crippen LogP contribution in [0.2, 0.25) is 0 Å². The molecular weight excluding hydrogens is 258 g/mol. The molecule has 0 aliphatic rings. The number of hydrogen-bond donors (Lipinski definition) is 1. The summed E-state index contributed by atoms with van der Waals surface area (Å²) in [6, 6.07) is 9.14. The number of amides is 1. The van der Waals surface area contributed by atoms with E-state index in [9.17, 15) is 9.59 Å². The van der Waals surface area contributed by atoms with Crippen LogP contribution >= 0.6 is 0 Å². The summed E-state index contributed by atoms with van der Waals surface area (Å²) < 4.78 is 10.2. The molecule has 5 nitrogen and oxygen atoms in total. The van der Waals surface area contributed by atoms with Gasteiger partial charge in [-0.25, -0.2) is 0 Å². The third kappa shape index (κ3) is 3.60. The van der Waals surface area contributed by atoms with Crippen LogP contribution in [0.1, 0.15) is 30.3 Å². The summed E-state index contributed by atoms with van der Waals surface area (Å²) in [5.41, 5.74) is 0.684. The second kappa shape index (κ2) is 6.75. The molecule has 0 bridgehead atoms. The molecule has 0 fully saturated rings. The third-order valence-electron chi connectivity index (χ3n) is 2.80. The van der Waals surface area contributed by atoms with Crippen molar-refractivity contribution in [3.8, 4) is 0 Å². The van der Waals surface area contributed by atoms with Gasteiger partial charge in [0.25, 0.3) is 5.91 Å². The zero-order valence-corrected chi connectivity index (χ0v) is 11.3. The molecule has 106 valence electrons. The predicted molar refractivity (Wildman–Crippen MR) is 74.4 cm³/mol. The summed E-state index contributed by atoms with van der Waals surface area (Å²) in [5.74, 6) is -0.238. The lowest BCUT2D eigenvalue weighted by molar-refractivity contribution is -0.143. The highest BCUT2D eigenvalue weighted by Gasteiger charge is 2.11. The van der Waals surface area contributed by atoms with E-state index in [1.807, 2.05) is 24.3 Å². The zero-order chi connectivity index (χ0) is 14.4. The summed E-state index contributed by atoms with van der Waals surface area (Å²) in [6.07, 6.45) is 0.846. The van der Waals surface area contributed by atoms with Crippen molar-refractivity contribution in [1.82, 2.24) is 5.32 Å². The highest BCUT2D eigenvalue weighted by Crippen LogP contribution is 2.18. The van der Waals surface area contributed by atoms with E-state index in [0.29, 0.717) is 31.6 Å². The number of para-hydroxylation sites is 1. The molecule has 1 N–H and O–H groups in total. The predicted octanol–water partition coefficient (Wildman–Crippen LogP) is 2.51. The van der Waals surface area contributed by atoms with Gasteiger partial charge in [0.1, 0.15) is 5.58 Å². The normalized spacial score (nSPS) is 10.4. The topological polar surface area (TPSA) is 68.5 Å². The van der Waals surface area contributed by atoms with Crippen LogP contribution in [0.4, 0.5) is 0 Å². The number of ether oxygens (including phenoxy) is 1. The van der Waals surface area contributed by atoms with Crippen LogP contribution in [0.5, 0.6) is 0 Å². The minimum Gasteiger partial charge on any atom is -0.466 e. The Morgan fingerprint density at radius 3 is 2.85 bits per heavy atom. The average Bonchev–Trinajstić information content (AvgIpc) is 2.87. The van der Waals surface area contributed by atoms with Gasteiger partial charge >= 0.3 is 5.97 Å². The van der Waals surface area contributed by atoms with Crippen molar-refractivity contribution < 1.29 is 18.7 Å². The maximum Gasteiger partial charge on any atom is 0.305 e. The molecule has 20 heavy (non-hydrogen) atoms. The van der Waals surface area contributed by atoms with Gasteiger partial charge in [0.2, 0.25) is 0 Å². The second-order valence-electron chi connectivity index (χ2n) is 4.31. The van der Waals surface area contributed by atoms with Crippen molar-refractivity contribution in [2.75, 3.05) is 13.2 Å². The number of fused-ring (bicyclic) bond motifs is 1. The molecule has 0 spiro atoms. The number of carbonyl (C=O) groups is 2. The zero-order valence-electron chi connectivity index (χ0n) is 11.3. The molecule has 1 aromatic carbocycles. The number of benzene rings is 1. The smallest absolute Gasteiger partial charge is 0.305 e. The first-order chi connectivity index (χ1) is 9.70. The van der Waals surface area contributed by atoms with Crippen molar-refractivity contribution >= 4 is 22.8 Å². The first-order valence-electron chi connectivity index (χ1n) is 6.63. The monoisotopic (exact) mass is 275 g/mol. The highest BCUT2D eigenvalue weighted by atomic mass is 16.5. The molecule has 0 aliphatic heterocycles. The fraction of sp³-hybridized carbons (Fsp3) is 0.333. The largest absolute Gasteiger partial charge is 0.466 e. The Labute approximate surface area is 116 Å². The van der Waals surface area contributed by atoms with E-state index >= 15 is 0 Å². The molecule has 1 heterocycles. The van der Waals surface area contributed by atoms with Crippen LogP contribution in [0.25, 0.3) is 11.0 Å². The Morgan fingerprint density at radius 2 is 2.10 bits per heavy atom. The van der Waals surface area contributed by atoms with Gasteiger partial charge in [0, 0.05) is 18.4 Å². The lowest BCUT2D eigenvalue weighted by atomic mass is 10.2. The fourth-order valence-corrected chi connectivity index (χ4v) is 1.85. The number of nitrogens with one attached hydrogen (secondary N) is 1. The van der Waals surface area contributed by atoms with Crippen molar-refractivity contribution in [3.63, 3.8) is 0 Å². The molecule has 5 heteroatoms. The first kappa shape index (κ1) is 14.1. The lowest BCUT2D eigenvalue weighted by Gasteiger charge is -2.03. The van der Waals surface area contributed by atoms with Gasteiger partial charge in [-0.05, 0) is 25.5 Å². The standard InChI is InChI=1S/C15H17NO4/c1-2-19-14(17)8-5-9-16-15(18)13-10-11-6-3-4-7-12(11)20-13/h3-4,6-7,10H,2,5,8-9H2,1H3,(H,16,18). The molecule has 0 aliphatic carbocycles. The van der Waals surface area contributed by atoms with E-state index < -0.39 is 0 Å². The van der Waals surface area contributed by atoms with Crippen LogP contribution < -0.4 is 5.32 Å². The van der Waals surface area contributed by atoms with Gasteiger partial charge in [0.15, 0.2) is 5.76 Å². The van der Waals surface area contributed by atoms with E-state index in [2.05, 4.69) is 5.32 Å². The summed E-state index contributed by atoms with van der Waals surface area (Å²) in [5, 5.41) is 3.61. The number of esters is 1. The molecular formula is C15H17NO4. The molecule has 2 rings (SSSR count). The Morgan fingerprint density at radius 1 is 1.30 bits per heavy atom. The molecule has 0 radical (unpaired) electrons. The van der Waals surface area contributed by atoms with Gasteiger partial charge < -0.3 is 14.5 Å². The molecule has 1 aromatic heterocycles. The van der Waals surface area contributed by atoms with Crippen molar-refractivity contribution in [2.45, 2.75) is 19.8 Å². The molecule has 1 amide bonds. The Bertz CT molecular complexity index is 570. The van der Waals surface area contributed by atoms with Gasteiger partial charge in [-0.2, -0.15) is 0 Å². The quantitative estimate of drug-likeness (QED) is 0.649. The lowest BCUT2D eigenvalue weighted by Crippen LogP contribution is -2.24. The highest BCUT2D eigenvalue weighted by molar-refractivity contribution is 5.96. The van der Waals surface area contributed by atoms with Gasteiger partial charge in [-0.15, -0.1) is 0 Å². The number of hydrogen-bond acceptors (Lipinski definition) is 4. The van der Waals surface area contributed by atoms with Crippen molar-refractivity contribution in [3.05, 3.63) is 36.1 Å². The second-order valence-corrected chi connectivity index (χ2v) is 4.31. The minimum atomic E-state index is -0.273. The van der Waals surface area contributed by atoms with E-state index in [4.69, 9.17) is 9.15 Å². The Balaban J connectivity index is 1.81. The third-order valence-corrected chi connectivity index (χ3v) is 2.80. The van der Waals surface area contributed by atoms with Crippen molar-refractivity contribution in [1.29, 1.82) is 0 Å². The summed E-state index contributed by atoms with van der Waals surface area (Å²) in [6.45, 7) is 2.56. The molecule has 0 saturated heterocycles. The molecule has 0 atom stereocenters. The van der Waals surface area contributed by atoms with Gasteiger partial charge in [-0.1, -0.05) is 18.2 Å². The molecule has 0 unspecified atom stereocenters. The van der Waals surface area contributed by atoms with E-state index in [1.54, 1.807) is 13.0 Å². The summed E-state index contributed by atoms with van der Waals surface area (Å²) in [7, 11) is 0. The molecule has 2 aromatic rings. The first-order valence-corrected chi connectivity index (χ1v) is 6.63. The summed E-state index contributed by atoms with van der Waals surface area (Å²) in [4.78, 5) is 23.0. The Hall–Kier alpha value is -2.30. The molecule has 0 saturated carbocycles. The average molecular weight is 275 g/mol.